The van der Waals surface area contributed by atoms with Gasteiger partial charge in [0.15, 0.2) is 0 Å². The third-order valence-electron chi connectivity index (χ3n) is 4.29. The van der Waals surface area contributed by atoms with Crippen molar-refractivity contribution in [1.82, 2.24) is 20.2 Å². The van der Waals surface area contributed by atoms with E-state index in [1.807, 2.05) is 0 Å². The molecule has 2 fully saturated rings. The van der Waals surface area contributed by atoms with Gasteiger partial charge in [-0.25, -0.2) is 9.97 Å². The molecule has 5 nitrogen and oxygen atoms in total. The molecule has 0 saturated carbocycles. The first-order valence-corrected chi connectivity index (χ1v) is 7.69. The molecule has 5 heteroatoms. The van der Waals surface area contributed by atoms with E-state index in [0.717, 1.165) is 62.6 Å². The molecule has 0 radical (unpaired) electrons. The highest BCUT2D eigenvalue weighted by atomic mass is 15.3. The van der Waals surface area contributed by atoms with Gasteiger partial charge in [0, 0.05) is 63.0 Å². The Morgan fingerprint density at radius 1 is 1.15 bits per heavy atom. The van der Waals surface area contributed by atoms with Crippen molar-refractivity contribution in [2.75, 3.05) is 44.2 Å². The van der Waals surface area contributed by atoms with Crippen molar-refractivity contribution < 1.29 is 0 Å². The normalized spacial score (nSPS) is 21.3. The van der Waals surface area contributed by atoms with Crippen molar-refractivity contribution in [3.8, 4) is 0 Å². The lowest BCUT2D eigenvalue weighted by atomic mass is 10.1. The molecule has 3 heterocycles. The lowest BCUT2D eigenvalue weighted by molar-refractivity contribution is 0.137. The van der Waals surface area contributed by atoms with Gasteiger partial charge in [0.1, 0.15) is 11.6 Å². The Balaban J connectivity index is 1.67. The molecule has 0 atom stereocenters. The van der Waals surface area contributed by atoms with Crippen molar-refractivity contribution in [2.45, 2.75) is 32.7 Å². The Morgan fingerprint density at radius 3 is 2.40 bits per heavy atom. The number of hydrogen-bond acceptors (Lipinski definition) is 5. The van der Waals surface area contributed by atoms with Crippen LogP contribution in [-0.2, 0) is 0 Å². The van der Waals surface area contributed by atoms with E-state index < -0.39 is 0 Å². The second-order valence-corrected chi connectivity index (χ2v) is 6.22. The second-order valence-electron chi connectivity index (χ2n) is 6.22. The molecule has 1 aromatic rings. The van der Waals surface area contributed by atoms with Crippen LogP contribution in [0.5, 0.6) is 0 Å². The highest BCUT2D eigenvalue weighted by Crippen LogP contribution is 2.19. The summed E-state index contributed by atoms with van der Waals surface area (Å²) in [5.74, 6) is 2.45. The number of piperazine rings is 1. The van der Waals surface area contributed by atoms with Crippen LogP contribution in [0.25, 0.3) is 0 Å². The fraction of sp³-hybridized carbons (Fsp3) is 0.733. The number of nitrogens with zero attached hydrogens (tertiary/aromatic N) is 4. The third-order valence-corrected chi connectivity index (χ3v) is 4.29. The molecule has 110 valence electrons. The molecule has 2 aliphatic rings. The molecule has 0 spiro atoms. The van der Waals surface area contributed by atoms with Gasteiger partial charge in [-0.2, -0.15) is 0 Å². The van der Waals surface area contributed by atoms with Gasteiger partial charge in [0.25, 0.3) is 0 Å². The molecule has 2 saturated heterocycles. The van der Waals surface area contributed by atoms with E-state index in [0.29, 0.717) is 5.92 Å². The zero-order chi connectivity index (χ0) is 14.1. The molecule has 0 aromatic carbocycles. The molecule has 1 aromatic heterocycles. The van der Waals surface area contributed by atoms with Crippen LogP contribution < -0.4 is 10.2 Å². The van der Waals surface area contributed by atoms with E-state index in [4.69, 9.17) is 4.98 Å². The largest absolute Gasteiger partial charge is 0.354 e. The maximum Gasteiger partial charge on any atom is 0.133 e. The van der Waals surface area contributed by atoms with Crippen molar-refractivity contribution in [3.63, 3.8) is 0 Å². The Kier molecular flexibility index (Phi) is 3.89. The summed E-state index contributed by atoms with van der Waals surface area (Å²) in [5.41, 5.74) is 1.07. The van der Waals surface area contributed by atoms with Crippen LogP contribution in [0.2, 0.25) is 0 Å². The number of nitrogens with one attached hydrogen (secondary N) is 1. The summed E-state index contributed by atoms with van der Waals surface area (Å²) in [4.78, 5) is 14.3. The zero-order valence-corrected chi connectivity index (χ0v) is 12.8. The molecule has 1 N–H and O–H groups in total. The van der Waals surface area contributed by atoms with Gasteiger partial charge in [-0.05, 0) is 6.92 Å². The van der Waals surface area contributed by atoms with Gasteiger partial charge in [-0.15, -0.1) is 0 Å². The van der Waals surface area contributed by atoms with Crippen LogP contribution in [0, 0.1) is 6.92 Å². The summed E-state index contributed by atoms with van der Waals surface area (Å²) in [6, 6.07) is 2.88. The van der Waals surface area contributed by atoms with Gasteiger partial charge < -0.3 is 10.2 Å². The minimum atomic E-state index is 0.385. The van der Waals surface area contributed by atoms with Gasteiger partial charge in [-0.1, -0.05) is 13.8 Å². The van der Waals surface area contributed by atoms with E-state index in [1.165, 1.54) is 0 Å². The van der Waals surface area contributed by atoms with Crippen LogP contribution in [-0.4, -0.2) is 60.2 Å². The predicted octanol–water partition coefficient (Wildman–Crippen LogP) is 1.00. The predicted molar refractivity (Wildman–Crippen MR) is 81.3 cm³/mol. The second kappa shape index (κ2) is 5.66. The van der Waals surface area contributed by atoms with E-state index in [1.54, 1.807) is 0 Å². The Bertz CT molecular complexity index is 461. The molecule has 20 heavy (non-hydrogen) atoms. The van der Waals surface area contributed by atoms with Crippen molar-refractivity contribution >= 4 is 5.82 Å². The van der Waals surface area contributed by atoms with Crippen LogP contribution in [0.15, 0.2) is 6.07 Å². The van der Waals surface area contributed by atoms with E-state index in [-0.39, 0.29) is 0 Å². The average Bonchev–Trinajstić information content (AvgIpc) is 2.37. The fourth-order valence-electron chi connectivity index (χ4n) is 2.84. The average molecular weight is 275 g/mol. The summed E-state index contributed by atoms with van der Waals surface area (Å²) in [5, 5.41) is 3.35. The minimum absolute atomic E-state index is 0.385. The highest BCUT2D eigenvalue weighted by molar-refractivity contribution is 5.40. The lowest BCUT2D eigenvalue weighted by Crippen LogP contribution is -2.61. The molecule has 0 bridgehead atoms. The standard InChI is InChI=1S/C15H25N5/c1-11(2)15-17-12(3)8-14(18-15)20-6-4-19(5-7-20)13-9-16-10-13/h8,11,13,16H,4-7,9-10H2,1-3H3. The van der Waals surface area contributed by atoms with Crippen molar-refractivity contribution in [2.24, 2.45) is 0 Å². The maximum absolute atomic E-state index is 4.74. The molecule has 3 rings (SSSR count). The Labute approximate surface area is 121 Å². The van der Waals surface area contributed by atoms with Gasteiger partial charge in [0.05, 0.1) is 0 Å². The quantitative estimate of drug-likeness (QED) is 0.891. The molecule has 0 unspecified atom stereocenters. The Hall–Kier alpha value is -1.20. The highest BCUT2D eigenvalue weighted by Gasteiger charge is 2.28. The van der Waals surface area contributed by atoms with E-state index in [2.05, 4.69) is 46.9 Å². The van der Waals surface area contributed by atoms with Crippen LogP contribution in [0.1, 0.15) is 31.3 Å². The van der Waals surface area contributed by atoms with Gasteiger partial charge >= 0.3 is 0 Å². The monoisotopic (exact) mass is 275 g/mol. The van der Waals surface area contributed by atoms with Gasteiger partial charge in [-0.3, -0.25) is 4.90 Å². The third kappa shape index (κ3) is 2.79. The van der Waals surface area contributed by atoms with Gasteiger partial charge in [0.2, 0.25) is 0 Å². The molecule has 0 amide bonds. The fourth-order valence-corrected chi connectivity index (χ4v) is 2.84. The number of aromatic nitrogens is 2. The smallest absolute Gasteiger partial charge is 0.133 e. The summed E-state index contributed by atoms with van der Waals surface area (Å²) in [7, 11) is 0. The summed E-state index contributed by atoms with van der Waals surface area (Å²) in [6.07, 6.45) is 0. The van der Waals surface area contributed by atoms with Crippen molar-refractivity contribution in [1.29, 1.82) is 0 Å². The molecular formula is C15H25N5. The maximum atomic E-state index is 4.74. The minimum Gasteiger partial charge on any atom is -0.354 e. The first-order chi connectivity index (χ1) is 9.63. The lowest BCUT2D eigenvalue weighted by Gasteiger charge is -2.43. The van der Waals surface area contributed by atoms with E-state index in [9.17, 15) is 0 Å². The van der Waals surface area contributed by atoms with Crippen molar-refractivity contribution in [3.05, 3.63) is 17.6 Å². The first-order valence-electron chi connectivity index (χ1n) is 7.69. The van der Waals surface area contributed by atoms with Crippen LogP contribution in [0.3, 0.4) is 0 Å². The number of aryl methyl sites for hydroxylation is 1. The topological polar surface area (TPSA) is 44.3 Å². The molecule has 2 aliphatic heterocycles. The SMILES string of the molecule is Cc1cc(N2CCN(C3CNC3)CC2)nc(C(C)C)n1. The van der Waals surface area contributed by atoms with E-state index >= 15 is 0 Å². The Morgan fingerprint density at radius 2 is 1.85 bits per heavy atom. The summed E-state index contributed by atoms with van der Waals surface area (Å²) >= 11 is 0. The number of anilines is 1. The number of rotatable bonds is 3. The van der Waals surface area contributed by atoms with Crippen LogP contribution in [0.4, 0.5) is 5.82 Å². The number of hydrogen-bond donors (Lipinski definition) is 1. The van der Waals surface area contributed by atoms with Crippen LogP contribution >= 0.6 is 0 Å². The summed E-state index contributed by atoms with van der Waals surface area (Å²) < 4.78 is 0. The molecule has 0 aliphatic carbocycles. The first kappa shape index (κ1) is 13.8. The summed E-state index contributed by atoms with van der Waals surface area (Å²) in [6.45, 7) is 13.1. The molecular weight excluding hydrogens is 250 g/mol. The zero-order valence-electron chi connectivity index (χ0n) is 12.8.